The largest absolute Gasteiger partial charge is 0.493 e. The number of hydrogen-bond acceptors (Lipinski definition) is 21. The van der Waals surface area contributed by atoms with Gasteiger partial charge in [0.25, 0.3) is 11.8 Å². The second kappa shape index (κ2) is 38.1. The third-order valence-electron chi connectivity index (χ3n) is 15.8. The number of H-pyrrole nitrogens is 2. The van der Waals surface area contributed by atoms with Crippen LogP contribution in [0.25, 0.3) is 32.8 Å². The summed E-state index contributed by atoms with van der Waals surface area (Å²) < 4.78 is 55.2. The van der Waals surface area contributed by atoms with Crippen molar-refractivity contribution in [2.75, 3.05) is 145 Å². The van der Waals surface area contributed by atoms with Gasteiger partial charge in [0.15, 0.2) is 17.2 Å². The number of anilines is 2. The van der Waals surface area contributed by atoms with Gasteiger partial charge in [-0.05, 0) is 78.9 Å². The Morgan fingerprint density at radius 2 is 1.32 bits per heavy atom. The zero-order valence-electron chi connectivity index (χ0n) is 56.6. The molecule has 101 heavy (non-hydrogen) atoms. The van der Waals surface area contributed by atoms with Gasteiger partial charge in [0.2, 0.25) is 23.5 Å². The van der Waals surface area contributed by atoms with Gasteiger partial charge in [-0.3, -0.25) is 24.0 Å². The number of ether oxygens (including phenoxy) is 10. The summed E-state index contributed by atoms with van der Waals surface area (Å²) in [6, 6.07) is 16.3. The predicted octanol–water partition coefficient (Wildman–Crippen LogP) is 5.97. The summed E-state index contributed by atoms with van der Waals surface area (Å²) in [6.07, 6.45) is -0.798. The van der Waals surface area contributed by atoms with Crippen molar-refractivity contribution in [2.24, 2.45) is 5.73 Å². The van der Waals surface area contributed by atoms with Gasteiger partial charge in [0, 0.05) is 92.0 Å². The van der Waals surface area contributed by atoms with Gasteiger partial charge in [-0.15, -0.1) is 0 Å². The highest BCUT2D eigenvalue weighted by Gasteiger charge is 2.33. The van der Waals surface area contributed by atoms with E-state index in [-0.39, 0.29) is 94.9 Å². The van der Waals surface area contributed by atoms with Gasteiger partial charge in [0.05, 0.1) is 127 Å². The number of halogens is 2. The molecule has 0 aliphatic carbocycles. The zero-order chi connectivity index (χ0) is 72.5. The fourth-order valence-electron chi connectivity index (χ4n) is 10.5. The lowest BCUT2D eigenvalue weighted by Crippen LogP contribution is -2.47. The average molecular weight is 1530 g/mol. The third kappa shape index (κ3) is 21.1. The minimum atomic E-state index is -1.08. The number of hydrogen-bond donors (Lipinski definition) is 8. The van der Waals surface area contributed by atoms with Crippen molar-refractivity contribution in [2.45, 2.75) is 49.0 Å². The number of amides is 9. The topological polar surface area (TPSA) is 399 Å². The Bertz CT molecular complexity index is 4100. The fraction of sp³-hybridized carbons (Fsp3) is 0.418. The number of fused-ring (bicyclic) bond motifs is 5. The molecule has 0 saturated carbocycles. The van der Waals surface area contributed by atoms with E-state index in [1.165, 1.54) is 52.3 Å². The molecule has 7 aromatic rings. The van der Waals surface area contributed by atoms with Crippen molar-refractivity contribution < 1.29 is 90.5 Å². The molecule has 0 fully saturated rings. The summed E-state index contributed by atoms with van der Waals surface area (Å²) in [5.74, 6) is -1.88. The van der Waals surface area contributed by atoms with E-state index in [1.54, 1.807) is 71.6 Å². The molecule has 1 atom stereocenters. The molecule has 0 spiro atoms. The predicted molar refractivity (Wildman–Crippen MR) is 376 cm³/mol. The molecule has 0 unspecified atom stereocenters. The second-order valence-corrected chi connectivity index (χ2v) is 23.8. The SMILES string of the molecule is COC(=O)c1cc2c3c(cc(OC(=O)N(C)CCN(C)C(=O)OCc4ccc(NC(=O)[C@H](CCCNC(N)=O)NC(=O)CNC(=O)CCOCCOCCOCCOCCNC(=O)c5ccc6nc(CBr)c(CBr)nc6c5)cc4)c2[nH]1)N(C(=O)c1cc2cc(OC)c(OC)c(OC)c2[nH]1)CC3. The molecule has 1 aliphatic rings. The Balaban J connectivity index is 0.707. The first-order valence-corrected chi connectivity index (χ1v) is 34.2. The molecule has 0 radical (unpaired) electrons. The van der Waals surface area contributed by atoms with Crippen LogP contribution in [0.5, 0.6) is 23.0 Å². The Hall–Kier alpha value is -9.87. The normalized spacial score (nSPS) is 11.9. The number of benzene rings is 4. The van der Waals surface area contributed by atoms with Crippen LogP contribution >= 0.6 is 31.9 Å². The first kappa shape index (κ1) is 76.9. The van der Waals surface area contributed by atoms with E-state index in [1.807, 2.05) is 0 Å². The molecule has 3 aromatic heterocycles. The molecular formula is C67H81Br2N13O19. The van der Waals surface area contributed by atoms with Crippen molar-refractivity contribution in [3.8, 4) is 23.0 Å². The van der Waals surface area contributed by atoms with Crippen LogP contribution in [0.4, 0.5) is 25.8 Å². The summed E-state index contributed by atoms with van der Waals surface area (Å²) in [5, 5.41) is 15.5. The van der Waals surface area contributed by atoms with Crippen molar-refractivity contribution in [3.63, 3.8) is 0 Å². The Labute approximate surface area is 597 Å². The van der Waals surface area contributed by atoms with Gasteiger partial charge >= 0.3 is 24.2 Å². The lowest BCUT2D eigenvalue weighted by atomic mass is 10.1. The highest BCUT2D eigenvalue weighted by atomic mass is 79.9. The van der Waals surface area contributed by atoms with Crippen LogP contribution in [0.15, 0.2) is 66.7 Å². The van der Waals surface area contributed by atoms with Crippen molar-refractivity contribution in [1.29, 1.82) is 0 Å². The molecule has 0 saturated heterocycles. The van der Waals surface area contributed by atoms with Crippen LogP contribution in [-0.4, -0.2) is 224 Å². The van der Waals surface area contributed by atoms with E-state index < -0.39 is 60.4 Å². The maximum atomic E-state index is 14.3. The molecule has 9 amide bonds. The van der Waals surface area contributed by atoms with Crippen LogP contribution in [0.3, 0.4) is 0 Å². The van der Waals surface area contributed by atoms with Crippen molar-refractivity contribution >= 4 is 130 Å². The maximum absolute atomic E-state index is 14.3. The number of aromatic nitrogens is 4. The molecule has 542 valence electrons. The highest BCUT2D eigenvalue weighted by Crippen LogP contribution is 2.45. The number of alkyl halides is 2. The van der Waals surface area contributed by atoms with Crippen LogP contribution in [-0.2, 0) is 66.5 Å². The number of carbonyl (C=O) groups excluding carboxylic acids is 9. The average Bonchev–Trinajstić information content (AvgIpc) is 1.60. The van der Waals surface area contributed by atoms with Gasteiger partial charge in [-0.25, -0.2) is 29.1 Å². The molecule has 4 aromatic carbocycles. The Kier molecular flexibility index (Phi) is 29.0. The summed E-state index contributed by atoms with van der Waals surface area (Å²) in [6.45, 7) is 2.20. The minimum Gasteiger partial charge on any atom is -0.493 e. The van der Waals surface area contributed by atoms with Crippen LogP contribution < -0.4 is 56.2 Å². The first-order valence-electron chi connectivity index (χ1n) is 32.0. The number of carbonyl (C=O) groups is 9. The van der Waals surface area contributed by atoms with E-state index in [0.29, 0.717) is 129 Å². The van der Waals surface area contributed by atoms with Gasteiger partial charge in [-0.2, -0.15) is 0 Å². The minimum absolute atomic E-state index is 0.00307. The van der Waals surface area contributed by atoms with E-state index in [2.05, 4.69) is 78.4 Å². The quantitative estimate of drug-likeness (QED) is 0.0125. The molecule has 32 nitrogen and oxygen atoms in total. The van der Waals surface area contributed by atoms with Gasteiger partial charge in [-0.1, -0.05) is 44.0 Å². The number of primary amides is 1. The molecule has 1 aliphatic heterocycles. The fourth-order valence-corrected chi connectivity index (χ4v) is 11.4. The van der Waals surface area contributed by atoms with Crippen molar-refractivity contribution in [3.05, 3.63) is 106 Å². The summed E-state index contributed by atoms with van der Waals surface area (Å²) in [4.78, 5) is 137. The number of methoxy groups -OCH3 is 4. The number of urea groups is 1. The second-order valence-electron chi connectivity index (χ2n) is 22.7. The van der Waals surface area contributed by atoms with Crippen LogP contribution in [0.2, 0.25) is 0 Å². The first-order chi connectivity index (χ1) is 48.8. The summed E-state index contributed by atoms with van der Waals surface area (Å²) >= 11 is 6.87. The van der Waals surface area contributed by atoms with Crippen molar-refractivity contribution in [1.82, 2.24) is 51.0 Å². The number of nitrogens with one attached hydrogen (secondary N) is 7. The van der Waals surface area contributed by atoms with E-state index in [4.69, 9.17) is 53.1 Å². The number of esters is 1. The van der Waals surface area contributed by atoms with E-state index >= 15 is 0 Å². The zero-order valence-corrected chi connectivity index (χ0v) is 59.8. The lowest BCUT2D eigenvalue weighted by Gasteiger charge is -2.22. The Morgan fingerprint density at radius 3 is 1.97 bits per heavy atom. The van der Waals surface area contributed by atoms with Crippen LogP contribution in [0.1, 0.15) is 73.1 Å². The van der Waals surface area contributed by atoms with Crippen LogP contribution in [0, 0.1) is 0 Å². The number of nitrogens with two attached hydrogens (primary N) is 1. The van der Waals surface area contributed by atoms with E-state index in [9.17, 15) is 43.2 Å². The van der Waals surface area contributed by atoms with Gasteiger partial charge in [0.1, 0.15) is 24.0 Å². The number of likely N-dealkylation sites (N-methyl/N-ethyl adjacent to an activating group) is 2. The molecule has 9 N–H and O–H groups in total. The Morgan fingerprint density at radius 1 is 0.663 bits per heavy atom. The molecular weight excluding hydrogens is 1450 g/mol. The summed E-state index contributed by atoms with van der Waals surface area (Å²) in [5.41, 5.74) is 11.9. The number of nitrogens with zero attached hydrogens (tertiary/aromatic N) is 5. The molecule has 34 heteroatoms. The third-order valence-corrected chi connectivity index (χ3v) is 16.9. The maximum Gasteiger partial charge on any atom is 0.415 e. The molecule has 8 rings (SSSR count). The number of rotatable bonds is 38. The van der Waals surface area contributed by atoms with Gasteiger partial charge < -0.3 is 104 Å². The molecule has 0 bridgehead atoms. The monoisotopic (exact) mass is 1530 g/mol. The highest BCUT2D eigenvalue weighted by molar-refractivity contribution is 9.09. The number of aromatic amines is 2. The molecule has 4 heterocycles. The van der Waals surface area contributed by atoms with E-state index in [0.717, 1.165) is 17.0 Å². The standard InChI is InChI=1S/C67H81Br2N13O19/c1-80(20-21-81(2)67(91)101-53-34-52-43(44-33-49(64(88)95-6)79-58(44)53)15-19-82(52)63(87)48-31-41-32-54(92-3)59(93-4)60(94-5)57(41)78-48)66(90)100-38-39-9-12-42(13-10-39)74-62(86)46(8-7-17-72-65(70)89)77-56(84)37-73-55(83)16-22-96-24-26-98-28-29-99-27-25-97-23-18-71-61(85)40-11-14-45-47(30-40)76-51(36-69)50(35-68)75-45/h9-14,30-34,46,78-79H,7-8,15-29,35-38H2,1-6H3,(H,71,85)(H,73,83)(H,74,86)(H,77,84)(H3,70,72,89)/t46-/m0/s1. The smallest absolute Gasteiger partial charge is 0.415 e. The lowest BCUT2D eigenvalue weighted by molar-refractivity contribution is -0.128. The summed E-state index contributed by atoms with van der Waals surface area (Å²) in [7, 11) is 8.65.